The second kappa shape index (κ2) is 5.72. The number of aromatic nitrogens is 1. The molecule has 112 valence electrons. The molecule has 0 aliphatic carbocycles. The molecule has 1 aromatic heterocycles. The van der Waals surface area contributed by atoms with Gasteiger partial charge in [-0.25, -0.2) is 4.98 Å². The van der Waals surface area contributed by atoms with E-state index in [1.807, 2.05) is 0 Å². The van der Waals surface area contributed by atoms with Crippen molar-refractivity contribution in [3.63, 3.8) is 0 Å². The molecule has 1 fully saturated rings. The molecule has 2 atom stereocenters. The first-order chi connectivity index (χ1) is 9.31. The van der Waals surface area contributed by atoms with Crippen LogP contribution in [0.15, 0.2) is 12.1 Å². The molecule has 0 radical (unpaired) electrons. The number of hydrogen-bond acceptors (Lipinski definition) is 3. The zero-order valence-corrected chi connectivity index (χ0v) is 13.6. The lowest BCUT2D eigenvalue weighted by molar-refractivity contribution is 0.387. The first kappa shape index (κ1) is 15.3. The Morgan fingerprint density at radius 2 is 1.95 bits per heavy atom. The van der Waals surface area contributed by atoms with Gasteiger partial charge in [0.05, 0.1) is 0 Å². The normalized spacial score (nSPS) is 24.0. The standard InChI is InChI=1S/C17H29N3/c1-12-6-7-13(2)20(11-12)16-9-14(10-18)8-15(19-16)17(3,4)5/h8-9,12-13H,6-7,10-11,18H2,1-5H3. The Bertz CT molecular complexity index is 462. The van der Waals surface area contributed by atoms with Gasteiger partial charge in [0.25, 0.3) is 0 Å². The number of piperidine rings is 1. The van der Waals surface area contributed by atoms with E-state index in [9.17, 15) is 0 Å². The van der Waals surface area contributed by atoms with Crippen molar-refractivity contribution >= 4 is 5.82 Å². The summed E-state index contributed by atoms with van der Waals surface area (Å²) in [5.41, 5.74) is 8.26. The summed E-state index contributed by atoms with van der Waals surface area (Å²) in [5, 5.41) is 0. The van der Waals surface area contributed by atoms with E-state index in [-0.39, 0.29) is 5.41 Å². The number of rotatable bonds is 2. The van der Waals surface area contributed by atoms with Crippen LogP contribution < -0.4 is 10.6 Å². The fraction of sp³-hybridized carbons (Fsp3) is 0.706. The molecule has 1 aliphatic rings. The maximum atomic E-state index is 5.88. The van der Waals surface area contributed by atoms with Gasteiger partial charge in [-0.3, -0.25) is 0 Å². The molecule has 3 nitrogen and oxygen atoms in total. The third-order valence-corrected chi connectivity index (χ3v) is 4.29. The summed E-state index contributed by atoms with van der Waals surface area (Å²) in [6, 6.07) is 4.89. The monoisotopic (exact) mass is 275 g/mol. The van der Waals surface area contributed by atoms with Gasteiger partial charge in [-0.2, -0.15) is 0 Å². The van der Waals surface area contributed by atoms with Crippen LogP contribution in [0, 0.1) is 5.92 Å². The minimum absolute atomic E-state index is 0.0601. The van der Waals surface area contributed by atoms with Gasteiger partial charge in [-0.15, -0.1) is 0 Å². The van der Waals surface area contributed by atoms with Gasteiger partial charge in [-0.05, 0) is 43.4 Å². The van der Waals surface area contributed by atoms with Crippen molar-refractivity contribution in [2.45, 2.75) is 65.5 Å². The summed E-state index contributed by atoms with van der Waals surface area (Å²) >= 11 is 0. The molecule has 0 bridgehead atoms. The lowest BCUT2D eigenvalue weighted by Gasteiger charge is -2.38. The Hall–Kier alpha value is -1.09. The van der Waals surface area contributed by atoms with Crippen LogP contribution in [0.4, 0.5) is 5.82 Å². The summed E-state index contributed by atoms with van der Waals surface area (Å²) in [7, 11) is 0. The summed E-state index contributed by atoms with van der Waals surface area (Å²) in [6.07, 6.45) is 2.57. The molecule has 1 aliphatic heterocycles. The predicted octanol–water partition coefficient (Wildman–Crippen LogP) is 3.46. The number of anilines is 1. The van der Waals surface area contributed by atoms with E-state index in [1.54, 1.807) is 0 Å². The van der Waals surface area contributed by atoms with Crippen LogP contribution in [0.3, 0.4) is 0 Å². The molecular formula is C17H29N3. The maximum absolute atomic E-state index is 5.88. The quantitative estimate of drug-likeness (QED) is 0.898. The molecule has 20 heavy (non-hydrogen) atoms. The minimum atomic E-state index is 0.0601. The lowest BCUT2D eigenvalue weighted by Crippen LogP contribution is -2.42. The SMILES string of the molecule is CC1CCC(C)N(c2cc(CN)cc(C(C)(C)C)n2)C1. The molecule has 2 rings (SSSR count). The first-order valence-corrected chi connectivity index (χ1v) is 7.79. The molecule has 2 N–H and O–H groups in total. The molecule has 1 aromatic rings. The predicted molar refractivity (Wildman–Crippen MR) is 86.0 cm³/mol. The topological polar surface area (TPSA) is 42.1 Å². The Balaban J connectivity index is 2.39. The number of pyridine rings is 1. The Morgan fingerprint density at radius 3 is 2.55 bits per heavy atom. The first-order valence-electron chi connectivity index (χ1n) is 7.79. The maximum Gasteiger partial charge on any atom is 0.129 e. The van der Waals surface area contributed by atoms with Crippen LogP contribution in [0.2, 0.25) is 0 Å². The van der Waals surface area contributed by atoms with Gasteiger partial charge in [0, 0.05) is 30.2 Å². The molecule has 0 spiro atoms. The van der Waals surface area contributed by atoms with Gasteiger partial charge in [-0.1, -0.05) is 27.7 Å². The van der Waals surface area contributed by atoms with Crippen molar-refractivity contribution in [2.75, 3.05) is 11.4 Å². The molecule has 0 aromatic carbocycles. The second-order valence-corrected chi connectivity index (χ2v) is 7.36. The molecule has 2 heterocycles. The van der Waals surface area contributed by atoms with Gasteiger partial charge >= 0.3 is 0 Å². The summed E-state index contributed by atoms with van der Waals surface area (Å²) in [4.78, 5) is 7.39. The van der Waals surface area contributed by atoms with E-state index in [4.69, 9.17) is 10.7 Å². The van der Waals surface area contributed by atoms with Gasteiger partial charge < -0.3 is 10.6 Å². The zero-order valence-electron chi connectivity index (χ0n) is 13.6. The van der Waals surface area contributed by atoms with Gasteiger partial charge in [0.1, 0.15) is 5.82 Å². The molecule has 2 unspecified atom stereocenters. The van der Waals surface area contributed by atoms with Crippen LogP contribution >= 0.6 is 0 Å². The van der Waals surface area contributed by atoms with E-state index in [1.165, 1.54) is 18.4 Å². The fourth-order valence-corrected chi connectivity index (χ4v) is 2.83. The lowest BCUT2D eigenvalue weighted by atomic mass is 9.90. The van der Waals surface area contributed by atoms with E-state index in [2.05, 4.69) is 51.7 Å². The third-order valence-electron chi connectivity index (χ3n) is 4.29. The fourth-order valence-electron chi connectivity index (χ4n) is 2.83. The summed E-state index contributed by atoms with van der Waals surface area (Å²) < 4.78 is 0. The van der Waals surface area contributed by atoms with Crippen molar-refractivity contribution in [1.29, 1.82) is 0 Å². The van der Waals surface area contributed by atoms with E-state index in [0.29, 0.717) is 12.6 Å². The van der Waals surface area contributed by atoms with Crippen LogP contribution in [-0.4, -0.2) is 17.6 Å². The number of nitrogens with two attached hydrogens (primary N) is 1. The van der Waals surface area contributed by atoms with Crippen molar-refractivity contribution < 1.29 is 0 Å². The minimum Gasteiger partial charge on any atom is -0.354 e. The summed E-state index contributed by atoms with van der Waals surface area (Å²) in [6.45, 7) is 12.9. The highest BCUT2D eigenvalue weighted by Crippen LogP contribution is 2.29. The molecule has 3 heteroatoms. The Labute approximate surface area is 123 Å². The van der Waals surface area contributed by atoms with Crippen LogP contribution in [0.1, 0.15) is 58.7 Å². The highest BCUT2D eigenvalue weighted by molar-refractivity contribution is 5.45. The molecule has 1 saturated heterocycles. The van der Waals surface area contributed by atoms with Crippen LogP contribution in [-0.2, 0) is 12.0 Å². The van der Waals surface area contributed by atoms with Crippen molar-refractivity contribution in [2.24, 2.45) is 11.7 Å². The van der Waals surface area contributed by atoms with Crippen molar-refractivity contribution in [3.8, 4) is 0 Å². The second-order valence-electron chi connectivity index (χ2n) is 7.36. The van der Waals surface area contributed by atoms with Crippen molar-refractivity contribution in [3.05, 3.63) is 23.4 Å². The average molecular weight is 275 g/mol. The Kier molecular flexibility index (Phi) is 4.38. The van der Waals surface area contributed by atoms with Crippen LogP contribution in [0.25, 0.3) is 0 Å². The molecule has 0 amide bonds. The average Bonchev–Trinajstić information content (AvgIpc) is 2.40. The number of hydrogen-bond donors (Lipinski definition) is 1. The van der Waals surface area contributed by atoms with Crippen LogP contribution in [0.5, 0.6) is 0 Å². The smallest absolute Gasteiger partial charge is 0.129 e. The molecular weight excluding hydrogens is 246 g/mol. The zero-order chi connectivity index (χ0) is 14.9. The summed E-state index contributed by atoms with van der Waals surface area (Å²) in [5.74, 6) is 1.85. The number of nitrogens with zero attached hydrogens (tertiary/aromatic N) is 2. The third kappa shape index (κ3) is 3.32. The van der Waals surface area contributed by atoms with E-state index < -0.39 is 0 Å². The largest absolute Gasteiger partial charge is 0.354 e. The highest BCUT2D eigenvalue weighted by atomic mass is 15.2. The Morgan fingerprint density at radius 1 is 1.25 bits per heavy atom. The van der Waals surface area contributed by atoms with E-state index >= 15 is 0 Å². The van der Waals surface area contributed by atoms with Gasteiger partial charge in [0.2, 0.25) is 0 Å². The highest BCUT2D eigenvalue weighted by Gasteiger charge is 2.25. The van der Waals surface area contributed by atoms with E-state index in [0.717, 1.165) is 24.0 Å². The molecule has 0 saturated carbocycles. The van der Waals surface area contributed by atoms with Crippen molar-refractivity contribution in [1.82, 2.24) is 4.98 Å². The van der Waals surface area contributed by atoms with Gasteiger partial charge in [0.15, 0.2) is 0 Å².